The molecular formula is C87H140O17P2. The Morgan fingerprint density at radius 2 is 0.491 bits per heavy atom. The van der Waals surface area contributed by atoms with E-state index in [1.165, 1.54) is 0 Å². The number of carbonyl (C=O) groups excluding carboxylic acids is 4. The molecule has 5 atom stereocenters. The zero-order chi connectivity index (χ0) is 77.4. The summed E-state index contributed by atoms with van der Waals surface area (Å²) >= 11 is 0. The number of esters is 4. The Balaban J connectivity index is 5.44. The summed E-state index contributed by atoms with van der Waals surface area (Å²) in [7, 11) is -10.0. The SMILES string of the molecule is CC/C=C\C/C=C\C/C=C\C/C=C\C/C=C\CCCCCC(=O)OCC(COP(=O)(O)OCC(O)COP(=O)(O)OCC(COC(=O)CCCCCCCC/C=C\C/C=C\C/C=C\C/C=C\CC)OC(=O)CCCC/C=C\C/C=C\C/C=C\C/C=C\CC)OC(=O)CCCCCCC/C=C\C/C=C\CCC. The van der Waals surface area contributed by atoms with Crippen LogP contribution in [-0.2, 0) is 65.4 Å². The Kier molecular flexibility index (Phi) is 73.1. The van der Waals surface area contributed by atoms with Crippen LogP contribution in [-0.4, -0.2) is 96.7 Å². The molecule has 0 aromatic heterocycles. The van der Waals surface area contributed by atoms with E-state index in [0.29, 0.717) is 32.1 Å². The highest BCUT2D eigenvalue weighted by molar-refractivity contribution is 7.47. The van der Waals surface area contributed by atoms with E-state index < -0.39 is 97.5 Å². The van der Waals surface area contributed by atoms with Crippen LogP contribution in [0.15, 0.2) is 182 Å². The van der Waals surface area contributed by atoms with Crippen molar-refractivity contribution in [1.82, 2.24) is 0 Å². The van der Waals surface area contributed by atoms with Gasteiger partial charge in [-0.25, -0.2) is 9.13 Å². The number of aliphatic hydroxyl groups is 1. The minimum absolute atomic E-state index is 0.0316. The predicted molar refractivity (Wildman–Crippen MR) is 436 cm³/mol. The molecule has 0 heterocycles. The molecule has 17 nitrogen and oxygen atoms in total. The summed E-state index contributed by atoms with van der Waals surface area (Å²) in [4.78, 5) is 73.0. The minimum atomic E-state index is -5.00. The maximum absolute atomic E-state index is 13.1. The van der Waals surface area contributed by atoms with Gasteiger partial charge in [-0.3, -0.25) is 37.3 Å². The summed E-state index contributed by atoms with van der Waals surface area (Å²) in [6.07, 6.45) is 93.0. The van der Waals surface area contributed by atoms with E-state index in [9.17, 15) is 43.2 Å². The first-order valence-electron chi connectivity index (χ1n) is 40.0. The van der Waals surface area contributed by atoms with Gasteiger partial charge < -0.3 is 33.8 Å². The molecule has 0 fully saturated rings. The Morgan fingerprint density at radius 1 is 0.274 bits per heavy atom. The smallest absolute Gasteiger partial charge is 0.462 e. The molecule has 5 unspecified atom stereocenters. The van der Waals surface area contributed by atoms with Crippen molar-refractivity contribution in [2.45, 2.75) is 303 Å². The van der Waals surface area contributed by atoms with Crippen molar-refractivity contribution in [3.8, 4) is 0 Å². The van der Waals surface area contributed by atoms with Gasteiger partial charge in [0.15, 0.2) is 12.2 Å². The molecule has 0 aromatic carbocycles. The lowest BCUT2D eigenvalue weighted by Crippen LogP contribution is -2.30. The van der Waals surface area contributed by atoms with E-state index in [1.54, 1.807) is 0 Å². The molecule has 0 aliphatic heterocycles. The molecule has 0 radical (unpaired) electrons. The van der Waals surface area contributed by atoms with E-state index in [2.05, 4.69) is 210 Å². The van der Waals surface area contributed by atoms with Crippen LogP contribution < -0.4 is 0 Å². The molecule has 0 bridgehead atoms. The fourth-order valence-electron chi connectivity index (χ4n) is 9.85. The van der Waals surface area contributed by atoms with Crippen LogP contribution >= 0.6 is 15.6 Å². The number of ether oxygens (including phenoxy) is 4. The summed E-state index contributed by atoms with van der Waals surface area (Å²) in [6.45, 7) is 4.33. The van der Waals surface area contributed by atoms with Crippen molar-refractivity contribution in [2.24, 2.45) is 0 Å². The van der Waals surface area contributed by atoms with Gasteiger partial charge in [-0.1, -0.05) is 268 Å². The Morgan fingerprint density at radius 3 is 0.783 bits per heavy atom. The third-order valence-corrected chi connectivity index (χ3v) is 17.7. The molecule has 0 saturated carbocycles. The molecule has 0 aliphatic carbocycles. The van der Waals surface area contributed by atoms with Gasteiger partial charge in [-0.2, -0.15) is 0 Å². The number of aliphatic hydroxyl groups excluding tert-OH is 1. The second kappa shape index (κ2) is 77.3. The quantitative estimate of drug-likeness (QED) is 0.0169. The Labute approximate surface area is 641 Å². The number of hydrogen-bond acceptors (Lipinski definition) is 15. The van der Waals surface area contributed by atoms with E-state index in [-0.39, 0.29) is 25.7 Å². The van der Waals surface area contributed by atoms with Crippen molar-refractivity contribution in [1.29, 1.82) is 0 Å². The topological polar surface area (TPSA) is 237 Å². The van der Waals surface area contributed by atoms with Gasteiger partial charge in [-0.15, -0.1) is 0 Å². The molecule has 0 aliphatic rings. The maximum Gasteiger partial charge on any atom is 0.472 e. The Hall–Kier alpha value is -5.84. The summed E-state index contributed by atoms with van der Waals surface area (Å²) in [6, 6.07) is 0. The minimum Gasteiger partial charge on any atom is -0.462 e. The van der Waals surface area contributed by atoms with Crippen molar-refractivity contribution in [3.05, 3.63) is 182 Å². The highest BCUT2D eigenvalue weighted by Crippen LogP contribution is 2.45. The molecule has 0 spiro atoms. The van der Waals surface area contributed by atoms with E-state index >= 15 is 0 Å². The van der Waals surface area contributed by atoms with E-state index in [0.717, 1.165) is 199 Å². The van der Waals surface area contributed by atoms with Gasteiger partial charge in [0.25, 0.3) is 0 Å². The fraction of sp³-hybridized carbons (Fsp3) is 0.609. The molecule has 3 N–H and O–H groups in total. The van der Waals surface area contributed by atoms with E-state index in [4.69, 9.17) is 37.0 Å². The lowest BCUT2D eigenvalue weighted by molar-refractivity contribution is -0.161. The van der Waals surface area contributed by atoms with Crippen molar-refractivity contribution in [2.75, 3.05) is 39.6 Å². The molecule has 0 aromatic rings. The first-order valence-corrected chi connectivity index (χ1v) is 43.0. The number of rotatable bonds is 73. The van der Waals surface area contributed by atoms with Gasteiger partial charge in [0.2, 0.25) is 0 Å². The summed E-state index contributed by atoms with van der Waals surface area (Å²) in [5.74, 6) is -2.31. The fourth-order valence-corrected chi connectivity index (χ4v) is 11.4. The molecule has 106 heavy (non-hydrogen) atoms. The first-order chi connectivity index (χ1) is 51.7. The summed E-state index contributed by atoms with van der Waals surface area (Å²) in [5, 5.41) is 10.6. The maximum atomic E-state index is 13.1. The second-order valence-electron chi connectivity index (χ2n) is 25.9. The van der Waals surface area contributed by atoms with Gasteiger partial charge in [0.1, 0.15) is 19.3 Å². The third-order valence-electron chi connectivity index (χ3n) is 15.8. The molecule has 19 heteroatoms. The van der Waals surface area contributed by atoms with Crippen LogP contribution in [0.25, 0.3) is 0 Å². The third kappa shape index (κ3) is 76.4. The zero-order valence-electron chi connectivity index (χ0n) is 65.5. The summed E-state index contributed by atoms with van der Waals surface area (Å²) < 4.78 is 68.5. The average Bonchev–Trinajstić information content (AvgIpc) is 0.901. The standard InChI is InChI=1S/C87H140O17P2/c1-5-9-13-17-21-25-29-33-36-38-40-42-45-48-51-55-59-63-67-71-84(89)97-77-82(103-86(91)73-69-65-61-57-53-47-32-28-24-20-16-12-8-4)79-101-105(93,94)99-75-81(88)76-100-106(95,96)102-80-83(104-87(92)74-70-66-62-58-54-50-44-35-31-27-23-19-15-11-7-3)78-98-85(90)72-68-64-60-56-52-49-46-43-41-39-37-34-30-26-22-18-14-10-6-2/h9-11,13-16,20-23,25-28,32-37,40-44,48,51,54,58,81-83,88H,5-8,12,17-19,24,29-31,38-39,45-47,49-50,52-53,55-57,59-80H2,1-4H3,(H,93,94)(H,95,96)/b13-9-,14-10-,15-11-,20-16-,25-21-,26-22-,27-23-,32-28-,36-33-,37-34-,42-40-,43-41-,44-35-,51-48-,58-54-. The number of phosphoric acid groups is 2. The van der Waals surface area contributed by atoms with Crippen LogP contribution in [0.1, 0.15) is 285 Å². The number of hydrogen-bond donors (Lipinski definition) is 3. The molecule has 0 saturated heterocycles. The van der Waals surface area contributed by atoms with Crippen molar-refractivity contribution < 1.29 is 80.2 Å². The largest absolute Gasteiger partial charge is 0.472 e. The van der Waals surface area contributed by atoms with E-state index in [1.807, 2.05) is 0 Å². The molecule has 600 valence electrons. The highest BCUT2D eigenvalue weighted by atomic mass is 31.2. The van der Waals surface area contributed by atoms with Crippen LogP contribution in [0.5, 0.6) is 0 Å². The van der Waals surface area contributed by atoms with Crippen molar-refractivity contribution in [3.63, 3.8) is 0 Å². The first kappa shape index (κ1) is 100. The second-order valence-corrected chi connectivity index (χ2v) is 28.8. The van der Waals surface area contributed by atoms with Crippen LogP contribution in [0.3, 0.4) is 0 Å². The van der Waals surface area contributed by atoms with Gasteiger partial charge in [-0.05, 0) is 173 Å². The van der Waals surface area contributed by atoms with Gasteiger partial charge in [0, 0.05) is 25.7 Å². The van der Waals surface area contributed by atoms with Gasteiger partial charge >= 0.3 is 39.5 Å². The number of allylic oxidation sites excluding steroid dienone is 30. The normalized spacial score (nSPS) is 14.8. The number of carbonyl (C=O) groups is 4. The van der Waals surface area contributed by atoms with Crippen LogP contribution in [0.2, 0.25) is 0 Å². The summed E-state index contributed by atoms with van der Waals surface area (Å²) in [5.41, 5.74) is 0. The number of phosphoric ester groups is 2. The monoisotopic (exact) mass is 1520 g/mol. The predicted octanol–water partition coefficient (Wildman–Crippen LogP) is 23.6. The molecular weight excluding hydrogens is 1380 g/mol. The molecule has 0 amide bonds. The number of unbranched alkanes of at least 4 members (excludes halogenated alkanes) is 17. The lowest BCUT2D eigenvalue weighted by atomic mass is 10.1. The molecule has 0 rings (SSSR count). The lowest BCUT2D eigenvalue weighted by Gasteiger charge is -2.21. The van der Waals surface area contributed by atoms with Gasteiger partial charge in [0.05, 0.1) is 26.4 Å². The zero-order valence-corrected chi connectivity index (χ0v) is 67.3. The average molecular weight is 1520 g/mol. The highest BCUT2D eigenvalue weighted by Gasteiger charge is 2.30. The van der Waals surface area contributed by atoms with Crippen molar-refractivity contribution >= 4 is 39.5 Å². The van der Waals surface area contributed by atoms with Crippen LogP contribution in [0.4, 0.5) is 0 Å². The van der Waals surface area contributed by atoms with Crippen LogP contribution in [0, 0.1) is 0 Å². The Bertz CT molecular complexity index is 2730.